The van der Waals surface area contributed by atoms with Crippen molar-refractivity contribution >= 4 is 26.8 Å². The van der Waals surface area contributed by atoms with Crippen LogP contribution in [-0.4, -0.2) is 54.3 Å². The van der Waals surface area contributed by atoms with E-state index in [0.717, 1.165) is 24.8 Å². The molecule has 0 aliphatic carbocycles. The Kier molecular flexibility index (Phi) is 16.1. The fourth-order valence-electron chi connectivity index (χ4n) is 4.79. The zero-order valence-electron chi connectivity index (χ0n) is 26.1. The lowest BCUT2D eigenvalue weighted by Crippen LogP contribution is -2.52. The number of unbranched alkanes of at least 4 members (excludes halogenated alkanes) is 4. The number of carbonyl (C=O) groups is 2. The summed E-state index contributed by atoms with van der Waals surface area (Å²) in [5.41, 5.74) is 2.06. The van der Waals surface area contributed by atoms with Crippen molar-refractivity contribution in [2.45, 2.75) is 78.7 Å². The van der Waals surface area contributed by atoms with Crippen molar-refractivity contribution in [3.63, 3.8) is 0 Å². The molecule has 2 aromatic carbocycles. The molecule has 232 valence electrons. The summed E-state index contributed by atoms with van der Waals surface area (Å²) >= 11 is 0. The highest BCUT2D eigenvalue weighted by Gasteiger charge is 2.49. The minimum Gasteiger partial charge on any atom is -0.496 e. The van der Waals surface area contributed by atoms with E-state index in [1.54, 1.807) is 43.3 Å². The summed E-state index contributed by atoms with van der Waals surface area (Å²) < 4.78 is 34.9. The molecule has 0 fully saturated rings. The van der Waals surface area contributed by atoms with E-state index in [1.165, 1.54) is 32.4 Å². The quantitative estimate of drug-likeness (QED) is 0.0507. The van der Waals surface area contributed by atoms with Crippen LogP contribution in [0.5, 0.6) is 11.5 Å². The lowest BCUT2D eigenvalue weighted by atomic mass is 10.0. The number of methoxy groups -OCH3 is 1. The maximum atomic E-state index is 13.0. The molecule has 2 aromatic rings. The third-order valence-electron chi connectivity index (χ3n) is 6.71. The van der Waals surface area contributed by atoms with Crippen molar-refractivity contribution < 1.29 is 37.1 Å². The van der Waals surface area contributed by atoms with Gasteiger partial charge in [0, 0.05) is 37.5 Å². The van der Waals surface area contributed by atoms with Crippen molar-refractivity contribution in [2.75, 3.05) is 33.5 Å². The number of esters is 2. The number of rotatable bonds is 20. The second-order valence-electron chi connectivity index (χ2n) is 9.66. The van der Waals surface area contributed by atoms with Crippen LogP contribution in [0.25, 0.3) is 6.08 Å². The molecule has 0 bridgehead atoms. The molecule has 0 aliphatic rings. The Balaban J connectivity index is 2.26. The van der Waals surface area contributed by atoms with Crippen LogP contribution in [0.15, 0.2) is 48.5 Å². The lowest BCUT2D eigenvalue weighted by molar-refractivity contribution is -0.137. The molecule has 8 nitrogen and oxygen atoms in total. The first-order valence-electron chi connectivity index (χ1n) is 15.1. The van der Waals surface area contributed by atoms with Crippen molar-refractivity contribution in [1.82, 2.24) is 0 Å². The minimum absolute atomic E-state index is 0.0384. The Labute approximate surface area is 252 Å². The first-order valence-corrected chi connectivity index (χ1v) is 16.9. The van der Waals surface area contributed by atoms with Gasteiger partial charge in [0.15, 0.2) is 0 Å². The Bertz CT molecular complexity index is 1100. The summed E-state index contributed by atoms with van der Waals surface area (Å²) in [5.74, 6) is -0.143. The van der Waals surface area contributed by atoms with E-state index in [1.807, 2.05) is 32.9 Å². The molecule has 9 heteroatoms. The van der Waals surface area contributed by atoms with Crippen LogP contribution in [0.2, 0.25) is 0 Å². The van der Waals surface area contributed by atoms with E-state index in [4.69, 9.17) is 27.5 Å². The highest BCUT2D eigenvalue weighted by atomic mass is 28.4. The average molecular weight is 601 g/mol. The third kappa shape index (κ3) is 10.7. The van der Waals surface area contributed by atoms with E-state index in [0.29, 0.717) is 49.1 Å². The van der Waals surface area contributed by atoms with Gasteiger partial charge in [-0.2, -0.15) is 0 Å². The fraction of sp³-hybridized carbons (Fsp3) is 0.515. The number of hydrogen-bond donors (Lipinski definition) is 0. The zero-order chi connectivity index (χ0) is 30.8. The predicted molar refractivity (Wildman–Crippen MR) is 167 cm³/mol. The van der Waals surface area contributed by atoms with E-state index in [9.17, 15) is 9.59 Å². The van der Waals surface area contributed by atoms with Gasteiger partial charge in [-0.05, 0) is 70.0 Å². The molecule has 0 amide bonds. The van der Waals surface area contributed by atoms with Crippen LogP contribution in [0.3, 0.4) is 0 Å². The Morgan fingerprint density at radius 2 is 1.45 bits per heavy atom. The lowest BCUT2D eigenvalue weighted by Gasteiger charge is -2.35. The smallest absolute Gasteiger partial charge is 0.496 e. The normalized spacial score (nSPS) is 12.3. The van der Waals surface area contributed by atoms with Crippen LogP contribution < -0.4 is 9.47 Å². The monoisotopic (exact) mass is 600 g/mol. The Hall–Kier alpha value is -2.98. The van der Waals surface area contributed by atoms with E-state index >= 15 is 0 Å². The predicted octanol–water partition coefficient (Wildman–Crippen LogP) is 7.52. The van der Waals surface area contributed by atoms with Crippen LogP contribution in [0.4, 0.5) is 0 Å². The summed E-state index contributed by atoms with van der Waals surface area (Å²) in [6, 6.07) is 12.4. The summed E-state index contributed by atoms with van der Waals surface area (Å²) in [6.45, 7) is 11.7. The van der Waals surface area contributed by atoms with E-state index < -0.39 is 20.7 Å². The molecule has 0 heterocycles. The molecular weight excluding hydrogens is 552 g/mol. The van der Waals surface area contributed by atoms with E-state index in [2.05, 4.69) is 6.92 Å². The van der Waals surface area contributed by atoms with Crippen molar-refractivity contribution in [3.05, 3.63) is 65.2 Å². The second kappa shape index (κ2) is 19.3. The number of ether oxygens (including phenoxy) is 3. The number of hydrogen-bond acceptors (Lipinski definition) is 8. The summed E-state index contributed by atoms with van der Waals surface area (Å²) in [6.07, 6.45) is 9.62. The van der Waals surface area contributed by atoms with Gasteiger partial charge < -0.3 is 27.5 Å². The first-order chi connectivity index (χ1) is 20.4. The largest absolute Gasteiger partial charge is 0.508 e. The third-order valence-corrected chi connectivity index (χ3v) is 10.3. The van der Waals surface area contributed by atoms with Crippen molar-refractivity contribution in [1.29, 1.82) is 0 Å². The Morgan fingerprint density at radius 1 is 0.810 bits per heavy atom. The van der Waals surface area contributed by atoms with Crippen LogP contribution in [0, 0.1) is 0 Å². The maximum absolute atomic E-state index is 13.0. The fourth-order valence-corrected chi connectivity index (χ4v) is 8.01. The van der Waals surface area contributed by atoms with Gasteiger partial charge in [-0.1, -0.05) is 51.2 Å². The first kappa shape index (κ1) is 35.2. The molecule has 2 rings (SSSR count). The molecule has 0 aliphatic heterocycles. The van der Waals surface area contributed by atoms with Crippen molar-refractivity contribution in [3.8, 4) is 11.5 Å². The maximum Gasteiger partial charge on any atom is 0.508 e. The minimum atomic E-state index is -3.04. The summed E-state index contributed by atoms with van der Waals surface area (Å²) in [7, 11) is -1.53. The van der Waals surface area contributed by atoms with Gasteiger partial charge in [-0.3, -0.25) is 0 Å². The van der Waals surface area contributed by atoms with Crippen LogP contribution in [-0.2, 0) is 22.8 Å². The van der Waals surface area contributed by atoms with Gasteiger partial charge in [-0.15, -0.1) is 0 Å². The summed E-state index contributed by atoms with van der Waals surface area (Å²) in [5, 5.41) is 0. The highest BCUT2D eigenvalue weighted by Crippen LogP contribution is 2.35. The molecule has 0 radical (unpaired) electrons. The molecule has 42 heavy (non-hydrogen) atoms. The van der Waals surface area contributed by atoms with Gasteiger partial charge in [0.2, 0.25) is 0 Å². The van der Waals surface area contributed by atoms with Gasteiger partial charge in [-0.25, -0.2) is 9.59 Å². The van der Waals surface area contributed by atoms with Crippen LogP contribution >= 0.6 is 0 Å². The number of benzene rings is 2. The van der Waals surface area contributed by atoms with Gasteiger partial charge in [0.1, 0.15) is 11.5 Å². The molecule has 0 saturated heterocycles. The Morgan fingerprint density at radius 3 is 2.02 bits per heavy atom. The zero-order valence-corrected chi connectivity index (χ0v) is 27.1. The number of carbonyl (C=O) groups excluding carboxylic acids is 2. The van der Waals surface area contributed by atoms with Gasteiger partial charge >= 0.3 is 20.7 Å². The second-order valence-corrected chi connectivity index (χ2v) is 12.4. The van der Waals surface area contributed by atoms with Gasteiger partial charge in [0.25, 0.3) is 0 Å². The van der Waals surface area contributed by atoms with Gasteiger partial charge in [0.05, 0.1) is 24.8 Å². The molecule has 0 N–H and O–H groups in total. The molecule has 0 spiro atoms. The standard InChI is InChI=1S/C33H48O8Si/c1-7-12-13-14-15-16-31(42(38-9-3,39-10-4)40-11-5)27-17-19-28(20-18-27)33(35)41-29-23-21-26(30(25-29)36-6)22-24-32(34)37-8-2/h17-25,31H,7-16H2,1-6H3/b24-22+. The molecule has 1 unspecified atom stereocenters. The average Bonchev–Trinajstić information content (AvgIpc) is 2.99. The summed E-state index contributed by atoms with van der Waals surface area (Å²) in [4.78, 5) is 24.7. The van der Waals surface area contributed by atoms with Crippen LogP contribution in [0.1, 0.15) is 100 Å². The SMILES string of the molecule is CCCCCCCC(c1ccc(C(=O)Oc2ccc(/C=C/C(=O)OCC)c(OC)c2)cc1)[Si](OCC)(OCC)OCC. The molecular formula is C33H48O8Si. The topological polar surface area (TPSA) is 89.5 Å². The van der Waals surface area contributed by atoms with E-state index in [-0.39, 0.29) is 5.54 Å². The molecule has 1 atom stereocenters. The molecule has 0 aromatic heterocycles. The van der Waals surface area contributed by atoms with Crippen molar-refractivity contribution in [2.24, 2.45) is 0 Å². The molecule has 0 saturated carbocycles. The highest BCUT2D eigenvalue weighted by molar-refractivity contribution is 6.62.